The van der Waals surface area contributed by atoms with Crippen molar-refractivity contribution < 1.29 is 18.7 Å². The van der Waals surface area contributed by atoms with Crippen molar-refractivity contribution in [3.63, 3.8) is 0 Å². The second-order valence-corrected chi connectivity index (χ2v) is 10.2. The molecule has 1 aromatic heterocycles. The van der Waals surface area contributed by atoms with Gasteiger partial charge in [0.15, 0.2) is 0 Å². The van der Waals surface area contributed by atoms with Crippen LogP contribution in [0, 0.1) is 11.8 Å². The molecule has 192 valence electrons. The monoisotopic (exact) mass is 485 g/mol. The quantitative estimate of drug-likeness (QED) is 0.527. The van der Waals surface area contributed by atoms with Crippen LogP contribution in [0.5, 0.6) is 0 Å². The summed E-state index contributed by atoms with van der Waals surface area (Å²) in [5.74, 6) is 1.32. The van der Waals surface area contributed by atoms with Crippen LogP contribution in [0.25, 0.3) is 10.9 Å². The van der Waals surface area contributed by atoms with Crippen molar-refractivity contribution in [2.24, 2.45) is 11.8 Å². The highest BCUT2D eigenvalue weighted by atomic mass is 19.1. The average molecular weight is 486 g/mol. The molecule has 0 bridgehead atoms. The van der Waals surface area contributed by atoms with Crippen LogP contribution in [0.15, 0.2) is 18.2 Å². The topological polar surface area (TPSA) is 54.8 Å². The predicted octanol–water partition coefficient (Wildman–Crippen LogP) is 4.47. The molecule has 1 aromatic carbocycles. The second-order valence-electron chi connectivity index (χ2n) is 10.2. The number of alkyl halides is 1. The van der Waals surface area contributed by atoms with Gasteiger partial charge in [0.1, 0.15) is 6.67 Å². The summed E-state index contributed by atoms with van der Waals surface area (Å²) in [7, 11) is 3.40. The van der Waals surface area contributed by atoms with Gasteiger partial charge in [0, 0.05) is 75.5 Å². The second kappa shape index (κ2) is 11.5. The zero-order valence-corrected chi connectivity index (χ0v) is 21.5. The minimum atomic E-state index is -0.539. The number of nitrogens with zero attached hydrogens (tertiary/aromatic N) is 3. The Bertz CT molecular complexity index is 1040. The van der Waals surface area contributed by atoms with Gasteiger partial charge in [0.25, 0.3) is 5.91 Å². The molecule has 2 aromatic rings. The van der Waals surface area contributed by atoms with Gasteiger partial charge in [-0.15, -0.1) is 0 Å². The molecule has 6 nitrogen and oxygen atoms in total. The SMILES string of the molecule is CCn1c2c(c3cc(C(=O)N(C)CCCC(=O)N(C)CCF)ccc31)CC(C1CCOCC1)CC2. The fourth-order valence-electron chi connectivity index (χ4n) is 5.99. The molecule has 0 radical (unpaired) electrons. The third-order valence-electron chi connectivity index (χ3n) is 8.08. The summed E-state index contributed by atoms with van der Waals surface area (Å²) in [5.41, 5.74) is 4.80. The smallest absolute Gasteiger partial charge is 0.253 e. The fraction of sp³-hybridized carbons (Fsp3) is 0.643. The van der Waals surface area contributed by atoms with E-state index in [0.29, 0.717) is 30.9 Å². The van der Waals surface area contributed by atoms with Crippen molar-refractivity contribution in [3.8, 4) is 0 Å². The Morgan fingerprint density at radius 3 is 2.57 bits per heavy atom. The third kappa shape index (κ3) is 5.55. The highest BCUT2D eigenvalue weighted by Crippen LogP contribution is 2.39. The Balaban J connectivity index is 1.48. The zero-order chi connectivity index (χ0) is 24.9. The Morgan fingerprint density at radius 2 is 1.86 bits per heavy atom. The number of hydrogen-bond acceptors (Lipinski definition) is 3. The van der Waals surface area contributed by atoms with Crippen molar-refractivity contribution in [1.82, 2.24) is 14.4 Å². The van der Waals surface area contributed by atoms with Gasteiger partial charge in [-0.05, 0) is 81.0 Å². The molecule has 1 fully saturated rings. The van der Waals surface area contributed by atoms with Gasteiger partial charge in [-0.3, -0.25) is 9.59 Å². The Hall–Kier alpha value is -2.41. The van der Waals surface area contributed by atoms with Crippen LogP contribution < -0.4 is 0 Å². The number of amides is 2. The summed E-state index contributed by atoms with van der Waals surface area (Å²) in [6, 6.07) is 6.14. The van der Waals surface area contributed by atoms with Gasteiger partial charge in [0.2, 0.25) is 5.91 Å². The first-order chi connectivity index (χ1) is 16.9. The number of carbonyl (C=O) groups excluding carboxylic acids is 2. The molecule has 35 heavy (non-hydrogen) atoms. The van der Waals surface area contributed by atoms with E-state index in [1.54, 1.807) is 19.0 Å². The van der Waals surface area contributed by atoms with Gasteiger partial charge >= 0.3 is 0 Å². The van der Waals surface area contributed by atoms with Crippen molar-refractivity contribution in [3.05, 3.63) is 35.0 Å². The molecule has 2 amide bonds. The highest BCUT2D eigenvalue weighted by molar-refractivity contribution is 5.99. The maximum atomic E-state index is 13.2. The molecule has 4 rings (SSSR count). The molecule has 1 unspecified atom stereocenters. The molecule has 0 saturated carbocycles. The number of halogens is 1. The first kappa shape index (κ1) is 25.7. The molecule has 2 heterocycles. The van der Waals surface area contributed by atoms with Crippen LogP contribution >= 0.6 is 0 Å². The van der Waals surface area contributed by atoms with Crippen molar-refractivity contribution >= 4 is 22.7 Å². The molecule has 1 atom stereocenters. The van der Waals surface area contributed by atoms with Crippen molar-refractivity contribution in [1.29, 1.82) is 0 Å². The molecule has 0 N–H and O–H groups in total. The largest absolute Gasteiger partial charge is 0.381 e. The van der Waals surface area contributed by atoms with Crippen LogP contribution in [-0.4, -0.2) is 73.3 Å². The summed E-state index contributed by atoms with van der Waals surface area (Å²) in [4.78, 5) is 28.4. The normalized spacial score (nSPS) is 18.5. The van der Waals surface area contributed by atoms with Gasteiger partial charge in [-0.2, -0.15) is 0 Å². The number of hydrogen-bond donors (Lipinski definition) is 0. The zero-order valence-electron chi connectivity index (χ0n) is 21.5. The van der Waals surface area contributed by atoms with Crippen molar-refractivity contribution in [2.45, 2.75) is 58.4 Å². The summed E-state index contributed by atoms with van der Waals surface area (Å²) >= 11 is 0. The average Bonchev–Trinajstić information content (AvgIpc) is 3.20. The van der Waals surface area contributed by atoms with Gasteiger partial charge in [-0.1, -0.05) is 0 Å². The number of aromatic nitrogens is 1. The van der Waals surface area contributed by atoms with Crippen molar-refractivity contribution in [2.75, 3.05) is 47.1 Å². The molecule has 1 aliphatic heterocycles. The Labute approximate surface area is 208 Å². The van der Waals surface area contributed by atoms with Crippen LogP contribution in [0.3, 0.4) is 0 Å². The molecular formula is C28H40FN3O3. The number of rotatable bonds is 9. The molecule has 1 aliphatic carbocycles. The van der Waals surface area contributed by atoms with E-state index in [1.807, 2.05) is 6.07 Å². The van der Waals surface area contributed by atoms with E-state index in [0.717, 1.165) is 51.4 Å². The Kier molecular flexibility index (Phi) is 8.47. The number of ether oxygens (including phenoxy) is 1. The minimum Gasteiger partial charge on any atom is -0.381 e. The highest BCUT2D eigenvalue weighted by Gasteiger charge is 2.31. The number of fused-ring (bicyclic) bond motifs is 3. The summed E-state index contributed by atoms with van der Waals surface area (Å²) in [6.07, 6.45) is 6.63. The fourth-order valence-corrected chi connectivity index (χ4v) is 5.99. The minimum absolute atomic E-state index is 0.0220. The lowest BCUT2D eigenvalue weighted by molar-refractivity contribution is -0.130. The molecule has 2 aliphatic rings. The predicted molar refractivity (Wildman–Crippen MR) is 136 cm³/mol. The summed E-state index contributed by atoms with van der Waals surface area (Å²) < 4.78 is 20.5. The molecular weight excluding hydrogens is 445 g/mol. The van der Waals surface area contributed by atoms with Gasteiger partial charge in [-0.25, -0.2) is 4.39 Å². The lowest BCUT2D eigenvalue weighted by Crippen LogP contribution is -2.31. The number of benzene rings is 1. The van der Waals surface area contributed by atoms with Gasteiger partial charge < -0.3 is 19.1 Å². The van der Waals surface area contributed by atoms with E-state index in [-0.39, 0.29) is 18.4 Å². The van der Waals surface area contributed by atoms with Crippen LogP contribution in [-0.2, 0) is 28.9 Å². The maximum absolute atomic E-state index is 13.2. The summed E-state index contributed by atoms with van der Waals surface area (Å²) in [5, 5.41) is 1.22. The summed E-state index contributed by atoms with van der Waals surface area (Å²) in [6.45, 7) is 4.97. The first-order valence-electron chi connectivity index (χ1n) is 13.2. The number of aryl methyl sites for hydroxylation is 1. The van der Waals surface area contributed by atoms with E-state index < -0.39 is 6.67 Å². The van der Waals surface area contributed by atoms with E-state index in [2.05, 4.69) is 23.6 Å². The third-order valence-corrected chi connectivity index (χ3v) is 8.08. The van der Waals surface area contributed by atoms with Crippen LogP contribution in [0.4, 0.5) is 4.39 Å². The first-order valence-corrected chi connectivity index (χ1v) is 13.2. The van der Waals surface area contributed by atoms with Crippen LogP contribution in [0.2, 0.25) is 0 Å². The van der Waals surface area contributed by atoms with E-state index >= 15 is 0 Å². The standard InChI is InChI=1S/C28H40FN3O3/c1-4-32-25-9-7-21(20-11-16-35-17-12-20)18-23(25)24-19-22(8-10-26(24)32)28(34)31(3)14-5-6-27(33)30(2)15-13-29/h8,10,19-21H,4-7,9,11-18H2,1-3H3. The van der Waals surface area contributed by atoms with E-state index in [9.17, 15) is 14.0 Å². The maximum Gasteiger partial charge on any atom is 0.253 e. The lowest BCUT2D eigenvalue weighted by atomic mass is 9.75. The van der Waals surface area contributed by atoms with Gasteiger partial charge in [0.05, 0.1) is 0 Å². The molecule has 1 saturated heterocycles. The molecule has 7 heteroatoms. The van der Waals surface area contributed by atoms with E-state index in [4.69, 9.17) is 4.74 Å². The Morgan fingerprint density at radius 1 is 1.09 bits per heavy atom. The lowest BCUT2D eigenvalue weighted by Gasteiger charge is -2.33. The number of carbonyl (C=O) groups is 2. The molecule has 0 spiro atoms. The van der Waals surface area contributed by atoms with Crippen LogP contribution in [0.1, 0.15) is 60.6 Å². The van der Waals surface area contributed by atoms with E-state index in [1.165, 1.54) is 33.5 Å².